The summed E-state index contributed by atoms with van der Waals surface area (Å²) in [7, 11) is 0. The Morgan fingerprint density at radius 2 is 1.88 bits per heavy atom. The molecule has 0 saturated heterocycles. The predicted octanol–water partition coefficient (Wildman–Crippen LogP) is 2.58. The predicted molar refractivity (Wildman–Crippen MR) is 66.2 cm³/mol. The molecule has 3 nitrogen and oxygen atoms in total. The Bertz CT molecular complexity index is 557. The van der Waals surface area contributed by atoms with Crippen molar-refractivity contribution in [3.63, 3.8) is 0 Å². The number of aromatic nitrogens is 2. The Morgan fingerprint density at radius 3 is 2.50 bits per heavy atom. The van der Waals surface area contributed by atoms with Gasteiger partial charge in [0.1, 0.15) is 0 Å². The van der Waals surface area contributed by atoms with Gasteiger partial charge in [-0.2, -0.15) is 0 Å². The summed E-state index contributed by atoms with van der Waals surface area (Å²) >= 11 is 4.95. The molecule has 0 saturated carbocycles. The molecule has 2 aromatic rings. The van der Waals surface area contributed by atoms with Gasteiger partial charge in [0.2, 0.25) is 0 Å². The maximum Gasteiger partial charge on any atom is 0.251 e. The molecule has 0 aliphatic heterocycles. The monoisotopic (exact) mass is 232 g/mol. The molecule has 0 radical (unpaired) electrons. The molecule has 0 aliphatic rings. The lowest BCUT2D eigenvalue weighted by molar-refractivity contribution is 0.847. The van der Waals surface area contributed by atoms with Crippen molar-refractivity contribution >= 4 is 12.2 Å². The highest BCUT2D eigenvalue weighted by atomic mass is 32.1. The minimum Gasteiger partial charge on any atom is -0.335 e. The van der Waals surface area contributed by atoms with E-state index in [1.165, 1.54) is 0 Å². The van der Waals surface area contributed by atoms with Crippen LogP contribution in [-0.4, -0.2) is 9.97 Å². The van der Waals surface area contributed by atoms with Crippen LogP contribution in [0, 0.1) is 4.77 Å². The van der Waals surface area contributed by atoms with Crippen LogP contribution in [0.5, 0.6) is 0 Å². The Labute approximate surface area is 98.2 Å². The Kier molecular flexibility index (Phi) is 3.01. The highest BCUT2D eigenvalue weighted by Crippen LogP contribution is 2.20. The zero-order valence-electron chi connectivity index (χ0n) is 8.86. The number of aromatic amines is 2. The highest BCUT2D eigenvalue weighted by molar-refractivity contribution is 7.71. The summed E-state index contributed by atoms with van der Waals surface area (Å²) in [5.74, 6) is 0.130. The fraction of sp³-hybridized carbons (Fsp3) is 0.167. The zero-order valence-corrected chi connectivity index (χ0v) is 9.67. The van der Waals surface area contributed by atoms with E-state index in [2.05, 4.69) is 9.97 Å². The summed E-state index contributed by atoms with van der Waals surface area (Å²) in [5, 5.41) is 0. The first-order chi connectivity index (χ1) is 7.66. The molecule has 1 heterocycles. The normalized spacial score (nSPS) is 12.3. The van der Waals surface area contributed by atoms with Crippen LogP contribution in [-0.2, 0) is 0 Å². The summed E-state index contributed by atoms with van der Waals surface area (Å²) in [5.41, 5.74) is 1.82. The van der Waals surface area contributed by atoms with E-state index in [1.54, 1.807) is 6.07 Å². The van der Waals surface area contributed by atoms with Crippen molar-refractivity contribution in [2.45, 2.75) is 12.8 Å². The number of H-pyrrole nitrogens is 2. The van der Waals surface area contributed by atoms with Gasteiger partial charge < -0.3 is 4.98 Å². The van der Waals surface area contributed by atoms with E-state index in [1.807, 2.05) is 37.3 Å². The molecule has 1 atom stereocenters. The molecule has 4 heteroatoms. The van der Waals surface area contributed by atoms with Crippen molar-refractivity contribution in [1.82, 2.24) is 9.97 Å². The summed E-state index contributed by atoms with van der Waals surface area (Å²) in [4.78, 5) is 16.8. The van der Waals surface area contributed by atoms with Crippen LogP contribution in [0.15, 0.2) is 41.2 Å². The van der Waals surface area contributed by atoms with Gasteiger partial charge in [0.25, 0.3) is 5.56 Å². The van der Waals surface area contributed by atoms with Crippen LogP contribution < -0.4 is 5.56 Å². The Hall–Kier alpha value is -1.68. The average molecular weight is 232 g/mol. The fourth-order valence-electron chi connectivity index (χ4n) is 1.64. The van der Waals surface area contributed by atoms with Gasteiger partial charge in [-0.1, -0.05) is 37.3 Å². The lowest BCUT2D eigenvalue weighted by Crippen LogP contribution is -2.10. The standard InChI is InChI=1S/C12H12N2OS/c1-8(9-5-3-2-4-6-9)10-7-11(15)14-12(16)13-10/h2-8H,1H3,(H2,13,14,15,16)/t8-/m1/s1. The first-order valence-electron chi connectivity index (χ1n) is 5.05. The SMILES string of the molecule is C[C@H](c1ccccc1)c1cc(=O)[nH]c(=S)[nH]1. The largest absolute Gasteiger partial charge is 0.335 e. The summed E-state index contributed by atoms with van der Waals surface area (Å²) in [6.07, 6.45) is 0. The molecular weight excluding hydrogens is 220 g/mol. The molecule has 0 spiro atoms. The average Bonchev–Trinajstić information content (AvgIpc) is 2.28. The van der Waals surface area contributed by atoms with Gasteiger partial charge >= 0.3 is 0 Å². The third-order valence-corrected chi connectivity index (χ3v) is 2.75. The zero-order chi connectivity index (χ0) is 11.5. The van der Waals surface area contributed by atoms with E-state index in [-0.39, 0.29) is 11.5 Å². The summed E-state index contributed by atoms with van der Waals surface area (Å²) in [6.45, 7) is 2.04. The van der Waals surface area contributed by atoms with Crippen molar-refractivity contribution in [1.29, 1.82) is 0 Å². The molecule has 2 N–H and O–H groups in total. The van der Waals surface area contributed by atoms with Gasteiger partial charge in [0.15, 0.2) is 4.77 Å². The molecule has 0 unspecified atom stereocenters. The van der Waals surface area contributed by atoms with Crippen molar-refractivity contribution in [3.8, 4) is 0 Å². The van der Waals surface area contributed by atoms with Gasteiger partial charge in [-0.25, -0.2) is 0 Å². The van der Waals surface area contributed by atoms with Gasteiger partial charge in [-0.05, 0) is 17.8 Å². The van der Waals surface area contributed by atoms with Gasteiger partial charge in [-0.3, -0.25) is 9.78 Å². The molecule has 1 aromatic heterocycles. The maximum absolute atomic E-state index is 11.3. The van der Waals surface area contributed by atoms with Crippen molar-refractivity contribution in [2.75, 3.05) is 0 Å². The molecule has 2 rings (SSSR count). The third kappa shape index (κ3) is 2.28. The van der Waals surface area contributed by atoms with Crippen LogP contribution in [0.3, 0.4) is 0 Å². The lowest BCUT2D eigenvalue weighted by atomic mass is 9.98. The van der Waals surface area contributed by atoms with Crippen molar-refractivity contribution < 1.29 is 0 Å². The number of hydrogen-bond donors (Lipinski definition) is 2. The van der Waals surface area contributed by atoms with E-state index in [4.69, 9.17) is 12.2 Å². The molecule has 1 aromatic carbocycles. The van der Waals surface area contributed by atoms with E-state index in [0.717, 1.165) is 11.3 Å². The summed E-state index contributed by atoms with van der Waals surface area (Å²) < 4.78 is 0.366. The van der Waals surface area contributed by atoms with E-state index in [9.17, 15) is 4.79 Å². The number of hydrogen-bond acceptors (Lipinski definition) is 2. The molecule has 0 aliphatic carbocycles. The van der Waals surface area contributed by atoms with E-state index >= 15 is 0 Å². The maximum atomic E-state index is 11.3. The van der Waals surface area contributed by atoms with Crippen LogP contribution in [0.25, 0.3) is 0 Å². The Morgan fingerprint density at radius 1 is 1.19 bits per heavy atom. The van der Waals surface area contributed by atoms with E-state index in [0.29, 0.717) is 4.77 Å². The molecular formula is C12H12N2OS. The summed E-state index contributed by atoms with van der Waals surface area (Å²) in [6, 6.07) is 11.5. The van der Waals surface area contributed by atoms with Crippen LogP contribution >= 0.6 is 12.2 Å². The molecule has 0 bridgehead atoms. The first kappa shape index (κ1) is 10.8. The number of nitrogens with one attached hydrogen (secondary N) is 2. The van der Waals surface area contributed by atoms with Crippen molar-refractivity contribution in [3.05, 3.63) is 62.8 Å². The second-order valence-corrected chi connectivity index (χ2v) is 4.08. The van der Waals surface area contributed by atoms with Gasteiger partial charge in [-0.15, -0.1) is 0 Å². The van der Waals surface area contributed by atoms with Crippen LogP contribution in [0.2, 0.25) is 0 Å². The fourth-order valence-corrected chi connectivity index (χ4v) is 1.86. The molecule has 82 valence electrons. The lowest BCUT2D eigenvalue weighted by Gasteiger charge is -2.11. The topological polar surface area (TPSA) is 48.6 Å². The minimum atomic E-state index is -0.165. The number of rotatable bonds is 2. The second-order valence-electron chi connectivity index (χ2n) is 3.68. The molecule has 0 fully saturated rings. The number of benzene rings is 1. The van der Waals surface area contributed by atoms with Gasteiger partial charge in [0, 0.05) is 17.7 Å². The second kappa shape index (κ2) is 4.45. The molecule has 16 heavy (non-hydrogen) atoms. The minimum absolute atomic E-state index is 0.130. The van der Waals surface area contributed by atoms with Crippen LogP contribution in [0.1, 0.15) is 24.1 Å². The molecule has 0 amide bonds. The van der Waals surface area contributed by atoms with Gasteiger partial charge in [0.05, 0.1) is 0 Å². The Balaban J connectivity index is 2.45. The van der Waals surface area contributed by atoms with Crippen molar-refractivity contribution in [2.24, 2.45) is 0 Å². The first-order valence-corrected chi connectivity index (χ1v) is 5.46. The van der Waals surface area contributed by atoms with E-state index < -0.39 is 0 Å². The van der Waals surface area contributed by atoms with Crippen LogP contribution in [0.4, 0.5) is 0 Å². The highest BCUT2D eigenvalue weighted by Gasteiger charge is 2.08. The quantitative estimate of drug-likeness (QED) is 0.782. The third-order valence-electron chi connectivity index (χ3n) is 2.55. The smallest absolute Gasteiger partial charge is 0.251 e.